The fourth-order valence-corrected chi connectivity index (χ4v) is 2.34. The number of ether oxygens (including phenoxy) is 1. The molecule has 1 saturated carbocycles. The van der Waals surface area contributed by atoms with E-state index in [9.17, 15) is 4.79 Å². The van der Waals surface area contributed by atoms with E-state index in [0.717, 1.165) is 18.5 Å². The molecule has 0 atom stereocenters. The first-order valence-electron chi connectivity index (χ1n) is 6.58. The third-order valence-electron chi connectivity index (χ3n) is 3.44. The smallest absolute Gasteiger partial charge is 0.278 e. The third-order valence-corrected chi connectivity index (χ3v) is 3.76. The maximum atomic E-state index is 12.2. The zero-order valence-corrected chi connectivity index (χ0v) is 12.2. The lowest BCUT2D eigenvalue weighted by atomic mass is 10.2. The number of nitrogens with one attached hydrogen (secondary N) is 2. The molecule has 0 bridgehead atoms. The molecule has 1 aromatic heterocycles. The van der Waals surface area contributed by atoms with Crippen LogP contribution in [0.4, 0.5) is 11.4 Å². The number of carbonyl (C=O) groups is 1. The van der Waals surface area contributed by atoms with Crippen LogP contribution in [0.2, 0.25) is 5.02 Å². The summed E-state index contributed by atoms with van der Waals surface area (Å²) in [7, 11) is 1.51. The van der Waals surface area contributed by atoms with Crippen molar-refractivity contribution in [2.45, 2.75) is 18.8 Å². The molecule has 1 fully saturated rings. The van der Waals surface area contributed by atoms with Gasteiger partial charge in [0.15, 0.2) is 5.69 Å². The largest absolute Gasteiger partial charge is 0.495 e. The Bertz CT molecular complexity index is 694. The third kappa shape index (κ3) is 2.67. The lowest BCUT2D eigenvalue weighted by Crippen LogP contribution is -2.14. The second-order valence-electron chi connectivity index (χ2n) is 4.98. The van der Waals surface area contributed by atoms with E-state index < -0.39 is 0 Å². The maximum Gasteiger partial charge on any atom is 0.278 e. The standard InChI is InChI=1S/C14H15ClN4O2/c1-21-10-6-8(4-5-9(10)15)17-14(20)13-11(16)12(18-19-13)7-2-3-7/h4-7H,2-3,16H2,1H3,(H,17,20)(H,18,19). The summed E-state index contributed by atoms with van der Waals surface area (Å²) in [4.78, 5) is 12.2. The predicted molar refractivity (Wildman–Crippen MR) is 80.9 cm³/mol. The van der Waals surface area contributed by atoms with E-state index in [1.165, 1.54) is 7.11 Å². The minimum Gasteiger partial charge on any atom is -0.495 e. The Hall–Kier alpha value is -2.21. The van der Waals surface area contributed by atoms with E-state index in [-0.39, 0.29) is 11.6 Å². The number of benzene rings is 1. The number of rotatable bonds is 4. The number of aromatic amines is 1. The summed E-state index contributed by atoms with van der Waals surface area (Å²) in [5.41, 5.74) is 8.04. The van der Waals surface area contributed by atoms with Crippen molar-refractivity contribution in [2.24, 2.45) is 0 Å². The lowest BCUT2D eigenvalue weighted by Gasteiger charge is -2.07. The maximum absolute atomic E-state index is 12.2. The van der Waals surface area contributed by atoms with Crippen LogP contribution >= 0.6 is 11.6 Å². The first-order valence-corrected chi connectivity index (χ1v) is 6.96. The Kier molecular flexibility index (Phi) is 3.47. The van der Waals surface area contributed by atoms with Gasteiger partial charge in [-0.2, -0.15) is 5.10 Å². The summed E-state index contributed by atoms with van der Waals surface area (Å²) in [6.07, 6.45) is 2.17. The number of aromatic nitrogens is 2. The first-order chi connectivity index (χ1) is 10.1. The Balaban J connectivity index is 1.80. The molecule has 0 aliphatic heterocycles. The van der Waals surface area contributed by atoms with Crippen LogP contribution < -0.4 is 15.8 Å². The van der Waals surface area contributed by atoms with Crippen molar-refractivity contribution in [3.8, 4) is 5.75 Å². The van der Waals surface area contributed by atoms with E-state index >= 15 is 0 Å². The van der Waals surface area contributed by atoms with Crippen LogP contribution in [0, 0.1) is 0 Å². The van der Waals surface area contributed by atoms with Crippen molar-refractivity contribution < 1.29 is 9.53 Å². The van der Waals surface area contributed by atoms with Gasteiger partial charge in [-0.3, -0.25) is 9.89 Å². The number of H-pyrrole nitrogens is 1. The van der Waals surface area contributed by atoms with Crippen molar-refractivity contribution in [1.82, 2.24) is 10.2 Å². The molecular weight excluding hydrogens is 292 g/mol. The van der Waals surface area contributed by atoms with E-state index in [1.54, 1.807) is 18.2 Å². The van der Waals surface area contributed by atoms with Gasteiger partial charge in [-0.25, -0.2) is 0 Å². The van der Waals surface area contributed by atoms with Crippen molar-refractivity contribution in [2.75, 3.05) is 18.2 Å². The van der Waals surface area contributed by atoms with Crippen molar-refractivity contribution in [1.29, 1.82) is 0 Å². The van der Waals surface area contributed by atoms with Crippen LogP contribution in [0.5, 0.6) is 5.75 Å². The van der Waals surface area contributed by atoms with Gasteiger partial charge < -0.3 is 15.8 Å². The highest BCUT2D eigenvalue weighted by Gasteiger charge is 2.30. The molecule has 1 aliphatic carbocycles. The Labute approximate surface area is 126 Å². The number of halogens is 1. The number of anilines is 2. The zero-order chi connectivity index (χ0) is 15.0. The topological polar surface area (TPSA) is 93.0 Å². The summed E-state index contributed by atoms with van der Waals surface area (Å²) in [6, 6.07) is 4.98. The molecule has 1 aromatic carbocycles. The zero-order valence-electron chi connectivity index (χ0n) is 11.4. The van der Waals surface area contributed by atoms with E-state index in [1.807, 2.05) is 0 Å². The molecule has 4 N–H and O–H groups in total. The molecule has 0 radical (unpaired) electrons. The fourth-order valence-electron chi connectivity index (χ4n) is 2.15. The van der Waals surface area contributed by atoms with Gasteiger partial charge >= 0.3 is 0 Å². The average Bonchev–Trinajstić information content (AvgIpc) is 3.23. The monoisotopic (exact) mass is 306 g/mol. The molecule has 21 heavy (non-hydrogen) atoms. The highest BCUT2D eigenvalue weighted by atomic mass is 35.5. The van der Waals surface area contributed by atoms with Gasteiger partial charge in [0.05, 0.1) is 23.5 Å². The molecule has 0 spiro atoms. The highest BCUT2D eigenvalue weighted by Crippen LogP contribution is 2.42. The first kappa shape index (κ1) is 13.8. The minimum atomic E-state index is -0.361. The van der Waals surface area contributed by atoms with Crippen LogP contribution in [-0.2, 0) is 0 Å². The van der Waals surface area contributed by atoms with Crippen molar-refractivity contribution in [3.63, 3.8) is 0 Å². The lowest BCUT2D eigenvalue weighted by molar-refractivity contribution is 0.102. The fraction of sp³-hybridized carbons (Fsp3) is 0.286. The Morgan fingerprint density at radius 3 is 2.95 bits per heavy atom. The molecule has 0 saturated heterocycles. The minimum absolute atomic E-state index is 0.214. The summed E-state index contributed by atoms with van der Waals surface area (Å²) < 4.78 is 5.11. The molecule has 2 aromatic rings. The quantitative estimate of drug-likeness (QED) is 0.809. The summed E-state index contributed by atoms with van der Waals surface area (Å²) in [6.45, 7) is 0. The number of hydrogen-bond donors (Lipinski definition) is 3. The van der Waals surface area contributed by atoms with Gasteiger partial charge in [0.1, 0.15) is 5.75 Å². The second-order valence-corrected chi connectivity index (χ2v) is 5.38. The van der Waals surface area contributed by atoms with E-state index in [2.05, 4.69) is 15.5 Å². The molecule has 3 rings (SSSR count). The number of hydrogen-bond acceptors (Lipinski definition) is 4. The van der Waals surface area contributed by atoms with Gasteiger partial charge in [-0.05, 0) is 25.0 Å². The Morgan fingerprint density at radius 2 is 2.29 bits per heavy atom. The molecule has 1 aliphatic rings. The number of nitrogens with zero attached hydrogens (tertiary/aromatic N) is 1. The summed E-state index contributed by atoms with van der Waals surface area (Å²) >= 11 is 5.95. The number of amides is 1. The van der Waals surface area contributed by atoms with Gasteiger partial charge in [-0.15, -0.1) is 0 Å². The Morgan fingerprint density at radius 1 is 1.52 bits per heavy atom. The van der Waals surface area contributed by atoms with Gasteiger partial charge in [0.2, 0.25) is 0 Å². The average molecular weight is 307 g/mol. The number of nitrogens with two attached hydrogens (primary N) is 1. The van der Waals surface area contributed by atoms with Crippen molar-refractivity contribution in [3.05, 3.63) is 34.6 Å². The number of carbonyl (C=O) groups excluding carboxylic acids is 1. The van der Waals surface area contributed by atoms with Gasteiger partial charge in [0.25, 0.3) is 5.91 Å². The molecular formula is C14H15ClN4O2. The van der Waals surface area contributed by atoms with Gasteiger partial charge in [-0.1, -0.05) is 11.6 Å². The molecule has 1 heterocycles. The van der Waals surface area contributed by atoms with Crippen LogP contribution in [-0.4, -0.2) is 23.2 Å². The van der Waals surface area contributed by atoms with Crippen LogP contribution in [0.3, 0.4) is 0 Å². The number of methoxy groups -OCH3 is 1. The summed E-state index contributed by atoms with van der Waals surface area (Å²) in [5, 5.41) is 10.1. The normalized spacial score (nSPS) is 14.0. The SMILES string of the molecule is COc1cc(NC(=O)c2n[nH]c(C3CC3)c2N)ccc1Cl. The second kappa shape index (κ2) is 5.29. The van der Waals surface area contributed by atoms with Crippen LogP contribution in [0.1, 0.15) is 34.9 Å². The van der Waals surface area contributed by atoms with E-state index in [0.29, 0.717) is 28.1 Å². The van der Waals surface area contributed by atoms with Crippen molar-refractivity contribution >= 4 is 28.9 Å². The molecule has 1 amide bonds. The van der Waals surface area contributed by atoms with Crippen LogP contribution in [0.15, 0.2) is 18.2 Å². The number of nitrogen functional groups attached to an aromatic ring is 1. The highest BCUT2D eigenvalue weighted by molar-refractivity contribution is 6.32. The van der Waals surface area contributed by atoms with Crippen LogP contribution in [0.25, 0.3) is 0 Å². The molecule has 110 valence electrons. The van der Waals surface area contributed by atoms with Gasteiger partial charge in [0, 0.05) is 17.7 Å². The van der Waals surface area contributed by atoms with E-state index in [4.69, 9.17) is 22.1 Å². The molecule has 7 heteroatoms. The molecule has 6 nitrogen and oxygen atoms in total. The summed E-state index contributed by atoms with van der Waals surface area (Å²) in [5.74, 6) is 0.540. The predicted octanol–water partition coefficient (Wildman–Crippen LogP) is 2.78. The molecule has 0 unspecified atom stereocenters.